The number of rotatable bonds is 6. The first-order chi connectivity index (χ1) is 21.0. The van der Waals surface area contributed by atoms with Gasteiger partial charge in [-0.25, -0.2) is 9.97 Å². The van der Waals surface area contributed by atoms with E-state index in [4.69, 9.17) is 16.3 Å². The number of hydrogen-bond acceptors (Lipinski definition) is 11. The molecule has 7 rings (SSSR count). The minimum atomic E-state index is 0.606. The largest absolute Gasteiger partial charge is 0.497 e. The molecule has 1 aliphatic rings. The number of aromatic nitrogens is 8. The molecule has 3 N–H and O–H groups in total. The Morgan fingerprint density at radius 3 is 2.33 bits per heavy atom. The smallest absolute Gasteiger partial charge is 0.228 e. The fourth-order valence-corrected chi connectivity index (χ4v) is 5.21. The van der Waals surface area contributed by atoms with E-state index < -0.39 is 0 Å². The minimum absolute atomic E-state index is 0.606. The summed E-state index contributed by atoms with van der Waals surface area (Å²) < 4.78 is 9.08. The van der Waals surface area contributed by atoms with Crippen LogP contribution >= 0.6 is 11.6 Å². The molecule has 220 valence electrons. The fourth-order valence-electron chi connectivity index (χ4n) is 5.04. The van der Waals surface area contributed by atoms with Crippen molar-refractivity contribution in [1.29, 1.82) is 0 Å². The second-order valence-electron chi connectivity index (χ2n) is 9.82. The number of nitrogens with one attached hydrogen (secondary N) is 3. The molecule has 0 bridgehead atoms. The zero-order valence-corrected chi connectivity index (χ0v) is 25.0. The Morgan fingerprint density at radius 2 is 1.58 bits per heavy atom. The van der Waals surface area contributed by atoms with Crippen molar-refractivity contribution in [3.63, 3.8) is 0 Å². The highest BCUT2D eigenvalue weighted by Crippen LogP contribution is 2.36. The normalized spacial score (nSPS) is 12.4. The molecule has 0 unspecified atom stereocenters. The lowest BCUT2D eigenvalue weighted by Gasteiger charge is -2.30. The van der Waals surface area contributed by atoms with Crippen molar-refractivity contribution in [3.8, 4) is 5.75 Å². The quantitative estimate of drug-likeness (QED) is 0.235. The van der Waals surface area contributed by atoms with Crippen molar-refractivity contribution in [1.82, 2.24) is 39.2 Å². The van der Waals surface area contributed by atoms with Crippen LogP contribution in [0.3, 0.4) is 0 Å². The van der Waals surface area contributed by atoms with Crippen molar-refractivity contribution in [3.05, 3.63) is 77.3 Å². The van der Waals surface area contributed by atoms with Crippen LogP contribution < -0.4 is 25.6 Å². The molecule has 6 aromatic rings. The number of hydrogen-bond donors (Lipinski definition) is 3. The third-order valence-electron chi connectivity index (χ3n) is 7.12. The van der Waals surface area contributed by atoms with Gasteiger partial charge in [0.25, 0.3) is 0 Å². The number of aryl methyl sites for hydroxylation is 2. The monoisotopic (exact) mass is 598 g/mol. The Morgan fingerprint density at radius 1 is 0.860 bits per heavy atom. The van der Waals surface area contributed by atoms with Gasteiger partial charge >= 0.3 is 0 Å². The van der Waals surface area contributed by atoms with E-state index in [-0.39, 0.29) is 0 Å². The average Bonchev–Trinajstić information content (AvgIpc) is 3.67. The number of anilines is 6. The van der Waals surface area contributed by atoms with Crippen molar-refractivity contribution in [2.24, 2.45) is 0 Å². The molecule has 4 aromatic heterocycles. The van der Waals surface area contributed by atoms with Gasteiger partial charge in [-0.3, -0.25) is 8.80 Å². The van der Waals surface area contributed by atoms with Crippen LogP contribution in [-0.4, -0.2) is 66.9 Å². The summed E-state index contributed by atoms with van der Waals surface area (Å²) in [6.07, 6.45) is 9.23. The maximum absolute atomic E-state index is 6.18. The van der Waals surface area contributed by atoms with Crippen molar-refractivity contribution in [2.75, 3.05) is 48.6 Å². The summed E-state index contributed by atoms with van der Waals surface area (Å²) in [6.45, 7) is 2.92. The predicted octanol–water partition coefficient (Wildman–Crippen LogP) is 5.13. The minimum Gasteiger partial charge on any atom is -0.497 e. The second-order valence-corrected chi connectivity index (χ2v) is 10.2. The van der Waals surface area contributed by atoms with E-state index in [1.165, 1.54) is 5.56 Å². The summed E-state index contributed by atoms with van der Waals surface area (Å²) in [5.74, 6) is 3.68. The Bertz CT molecular complexity index is 1900. The molecule has 43 heavy (non-hydrogen) atoms. The standard InChI is InChI=1S/C16H18N6O.C13H13ClN6/c1-17-16-20-19-15-14(18-7-9-22(15)16)21-8-3-4-11-10-12(23-2)5-6-13(11)21;1-8-3-4-9(14)10(7-8)17-11-12-18-19-13(15-2)20(12)6-5-16-11/h5-7,9-10H,3-4,8H2,1-2H3,(H,17,20);3-7H,1-2H3,(H,15,19)(H,16,17). The Kier molecular flexibility index (Phi) is 7.79. The molecule has 0 fully saturated rings. The first-order valence-corrected chi connectivity index (χ1v) is 14.1. The topological polar surface area (TPSA) is 135 Å². The molecule has 0 saturated carbocycles. The first-order valence-electron chi connectivity index (χ1n) is 13.7. The molecular weight excluding hydrogens is 568 g/mol. The van der Waals surface area contributed by atoms with Gasteiger partial charge in [0.2, 0.25) is 23.2 Å². The van der Waals surface area contributed by atoms with Crippen LogP contribution in [0.2, 0.25) is 5.02 Å². The second kappa shape index (κ2) is 12.0. The van der Waals surface area contributed by atoms with Gasteiger partial charge in [0, 0.05) is 51.1 Å². The van der Waals surface area contributed by atoms with Gasteiger partial charge in [-0.05, 0) is 61.2 Å². The molecule has 0 amide bonds. The molecule has 0 atom stereocenters. The summed E-state index contributed by atoms with van der Waals surface area (Å²) in [5, 5.41) is 26.5. The first kappa shape index (κ1) is 28.0. The predicted molar refractivity (Wildman–Crippen MR) is 168 cm³/mol. The number of methoxy groups -OCH3 is 1. The molecule has 0 saturated heterocycles. The average molecular weight is 599 g/mol. The maximum Gasteiger partial charge on any atom is 0.228 e. The molecule has 2 aromatic carbocycles. The number of fused-ring (bicyclic) bond motifs is 3. The third kappa shape index (κ3) is 5.42. The van der Waals surface area contributed by atoms with Crippen molar-refractivity contribution < 1.29 is 4.74 Å². The molecule has 13 nitrogen and oxygen atoms in total. The lowest BCUT2D eigenvalue weighted by molar-refractivity contribution is 0.414. The van der Waals surface area contributed by atoms with Crippen LogP contribution in [-0.2, 0) is 6.42 Å². The highest BCUT2D eigenvalue weighted by Gasteiger charge is 2.23. The molecular formula is C29H31ClN12O. The summed E-state index contributed by atoms with van der Waals surface area (Å²) >= 11 is 6.18. The zero-order chi connectivity index (χ0) is 29.9. The van der Waals surface area contributed by atoms with Crippen LogP contribution in [0.1, 0.15) is 17.5 Å². The lowest BCUT2D eigenvalue weighted by atomic mass is 10.0. The fraction of sp³-hybridized carbons (Fsp3) is 0.241. The van der Waals surface area contributed by atoms with E-state index in [0.717, 1.165) is 53.5 Å². The van der Waals surface area contributed by atoms with E-state index in [9.17, 15) is 0 Å². The van der Waals surface area contributed by atoms with E-state index in [2.05, 4.69) is 63.3 Å². The van der Waals surface area contributed by atoms with Crippen molar-refractivity contribution in [2.45, 2.75) is 19.8 Å². The van der Waals surface area contributed by atoms with Crippen LogP contribution in [0, 0.1) is 6.92 Å². The van der Waals surface area contributed by atoms with Gasteiger partial charge in [0.05, 0.1) is 17.8 Å². The highest BCUT2D eigenvalue weighted by molar-refractivity contribution is 6.33. The summed E-state index contributed by atoms with van der Waals surface area (Å²) in [6, 6.07) is 11.9. The Hall–Kier alpha value is -5.17. The zero-order valence-electron chi connectivity index (χ0n) is 24.2. The van der Waals surface area contributed by atoms with Crippen LogP contribution in [0.15, 0.2) is 61.2 Å². The molecule has 14 heteroatoms. The lowest BCUT2D eigenvalue weighted by Crippen LogP contribution is -2.26. The molecule has 5 heterocycles. The van der Waals surface area contributed by atoms with E-state index >= 15 is 0 Å². The number of ether oxygens (including phenoxy) is 1. The van der Waals surface area contributed by atoms with Gasteiger partial charge in [-0.2, -0.15) is 0 Å². The Balaban J connectivity index is 0.000000155. The molecule has 0 radical (unpaired) electrons. The molecule has 0 aliphatic carbocycles. The highest BCUT2D eigenvalue weighted by atomic mass is 35.5. The van der Waals surface area contributed by atoms with E-state index in [1.54, 1.807) is 32.7 Å². The van der Waals surface area contributed by atoms with Crippen LogP contribution in [0.25, 0.3) is 11.3 Å². The van der Waals surface area contributed by atoms with Gasteiger partial charge < -0.3 is 25.6 Å². The van der Waals surface area contributed by atoms with Gasteiger partial charge in [0.1, 0.15) is 5.75 Å². The number of nitrogens with zero attached hydrogens (tertiary/aromatic N) is 9. The van der Waals surface area contributed by atoms with Gasteiger partial charge in [-0.1, -0.05) is 17.7 Å². The van der Waals surface area contributed by atoms with E-state index in [1.807, 2.05) is 53.2 Å². The summed E-state index contributed by atoms with van der Waals surface area (Å²) in [7, 11) is 5.32. The van der Waals surface area contributed by atoms with Crippen LogP contribution in [0.4, 0.5) is 34.9 Å². The van der Waals surface area contributed by atoms with E-state index in [0.29, 0.717) is 28.4 Å². The molecule has 1 aliphatic heterocycles. The third-order valence-corrected chi connectivity index (χ3v) is 7.45. The maximum atomic E-state index is 6.18. The summed E-state index contributed by atoms with van der Waals surface area (Å²) in [4.78, 5) is 11.1. The number of benzene rings is 2. The SMILES string of the molecule is CNc1nnc2c(N3CCCc4cc(OC)ccc43)nccn12.CNc1nnc2c(Nc3cc(C)ccc3Cl)nccn12. The number of halogens is 1. The van der Waals surface area contributed by atoms with Gasteiger partial charge in [-0.15, -0.1) is 20.4 Å². The Labute approximate surface area is 252 Å². The molecule has 0 spiro atoms. The summed E-state index contributed by atoms with van der Waals surface area (Å²) in [5.41, 5.74) is 5.72. The van der Waals surface area contributed by atoms with Crippen LogP contribution in [0.5, 0.6) is 5.75 Å². The van der Waals surface area contributed by atoms with Gasteiger partial charge in [0.15, 0.2) is 11.6 Å². The van der Waals surface area contributed by atoms with Crippen molar-refractivity contribution >= 4 is 57.8 Å².